The van der Waals surface area contributed by atoms with Crippen LogP contribution in [0.3, 0.4) is 0 Å². The van der Waals surface area contributed by atoms with Gasteiger partial charge in [0.05, 0.1) is 16.6 Å². The summed E-state index contributed by atoms with van der Waals surface area (Å²) >= 11 is 6.16. The van der Waals surface area contributed by atoms with E-state index in [1.165, 1.54) is 0 Å². The summed E-state index contributed by atoms with van der Waals surface area (Å²) in [5.41, 5.74) is 3.17. The van der Waals surface area contributed by atoms with Crippen molar-refractivity contribution < 1.29 is 0 Å². The molecule has 0 N–H and O–H groups in total. The molecule has 0 unspecified atom stereocenters. The highest BCUT2D eigenvalue weighted by atomic mass is 35.5. The lowest BCUT2D eigenvalue weighted by Gasteiger charge is -2.35. The Morgan fingerprint density at radius 3 is 2.74 bits per heavy atom. The average molecular weight is 327 g/mol. The minimum absolute atomic E-state index is 0.721. The quantitative estimate of drug-likeness (QED) is 0.689. The van der Waals surface area contributed by atoms with Gasteiger partial charge in [-0.25, -0.2) is 4.98 Å². The van der Waals surface area contributed by atoms with Gasteiger partial charge < -0.3 is 9.30 Å². The largest absolute Gasteiger partial charge is 0.352 e. The topological polar surface area (TPSA) is 23.8 Å². The Hall–Kier alpha value is -2.04. The fraction of sp³-hybridized carbons (Fsp3) is 0.278. The Labute approximate surface area is 140 Å². The van der Waals surface area contributed by atoms with E-state index in [1.54, 1.807) is 0 Å². The van der Waals surface area contributed by atoms with Crippen LogP contribution in [-0.2, 0) is 0 Å². The Kier molecular flexibility index (Phi) is 3.71. The molecule has 0 amide bonds. The minimum Gasteiger partial charge on any atom is -0.352 e. The normalized spacial score (nSPS) is 16.3. The maximum atomic E-state index is 6.16. The Morgan fingerprint density at radius 1 is 1.13 bits per heavy atom. The van der Waals surface area contributed by atoms with Gasteiger partial charge >= 0.3 is 0 Å². The molecule has 1 aromatic carbocycles. The number of halogens is 1. The molecule has 3 heterocycles. The van der Waals surface area contributed by atoms with E-state index in [-0.39, 0.29) is 0 Å². The molecule has 1 saturated heterocycles. The molecule has 5 heteroatoms. The smallest absolute Gasteiger partial charge is 0.153 e. The van der Waals surface area contributed by atoms with Crippen LogP contribution in [0.4, 0.5) is 5.82 Å². The molecule has 3 aromatic rings. The Morgan fingerprint density at radius 2 is 1.96 bits per heavy atom. The van der Waals surface area contributed by atoms with E-state index in [9.17, 15) is 0 Å². The van der Waals surface area contributed by atoms with Crippen LogP contribution in [-0.4, -0.2) is 47.0 Å². The van der Waals surface area contributed by atoms with Crippen molar-refractivity contribution in [3.05, 3.63) is 54.2 Å². The molecule has 0 spiro atoms. The second-order valence-corrected chi connectivity index (χ2v) is 6.34. The molecule has 0 saturated carbocycles. The van der Waals surface area contributed by atoms with Crippen LogP contribution in [0.2, 0.25) is 5.02 Å². The molecular formula is C18H19ClN4. The van der Waals surface area contributed by atoms with Gasteiger partial charge in [-0.05, 0) is 30.3 Å². The summed E-state index contributed by atoms with van der Waals surface area (Å²) in [4.78, 5) is 9.70. The van der Waals surface area contributed by atoms with Gasteiger partial charge in [0.2, 0.25) is 0 Å². The summed E-state index contributed by atoms with van der Waals surface area (Å²) in [6.45, 7) is 8.81. The van der Waals surface area contributed by atoms with E-state index in [0.29, 0.717) is 0 Å². The molecule has 4 nitrogen and oxygen atoms in total. The minimum atomic E-state index is 0.721. The van der Waals surface area contributed by atoms with Crippen molar-refractivity contribution in [2.24, 2.45) is 0 Å². The predicted octanol–water partition coefficient (Wildman–Crippen LogP) is 3.45. The molecule has 0 atom stereocenters. The maximum absolute atomic E-state index is 6.16. The van der Waals surface area contributed by atoms with Gasteiger partial charge in [0, 0.05) is 43.9 Å². The van der Waals surface area contributed by atoms with Gasteiger partial charge in [-0.3, -0.25) is 4.90 Å². The van der Waals surface area contributed by atoms with E-state index in [4.69, 9.17) is 16.6 Å². The van der Waals surface area contributed by atoms with Gasteiger partial charge in [0.1, 0.15) is 0 Å². The van der Waals surface area contributed by atoms with Crippen LogP contribution in [0.5, 0.6) is 0 Å². The van der Waals surface area contributed by atoms with E-state index in [1.807, 2.05) is 24.3 Å². The Bertz CT molecular complexity index is 862. The standard InChI is InChI=1S/C18H19ClN4/c1-2-7-21-9-11-22(12-10-21)18-17-4-3-8-23(17)16-6-5-14(19)13-15(16)20-18/h2-6,8,13H,1,7,9-12H2. The fourth-order valence-corrected chi connectivity index (χ4v) is 3.46. The number of anilines is 1. The van der Waals surface area contributed by atoms with E-state index in [2.05, 4.69) is 39.1 Å². The third-order valence-electron chi connectivity index (χ3n) is 4.46. The van der Waals surface area contributed by atoms with Gasteiger partial charge in [-0.1, -0.05) is 17.7 Å². The van der Waals surface area contributed by atoms with Crippen LogP contribution in [0, 0.1) is 0 Å². The molecule has 118 valence electrons. The van der Waals surface area contributed by atoms with E-state index >= 15 is 0 Å². The van der Waals surface area contributed by atoms with Gasteiger partial charge in [-0.15, -0.1) is 6.58 Å². The molecule has 1 aliphatic heterocycles. The molecule has 4 rings (SSSR count). The zero-order valence-corrected chi connectivity index (χ0v) is 13.7. The van der Waals surface area contributed by atoms with Crippen molar-refractivity contribution in [3.8, 4) is 0 Å². The molecule has 1 fully saturated rings. The molecule has 1 aliphatic rings. The predicted molar refractivity (Wildman–Crippen MR) is 96.6 cm³/mol. The number of rotatable bonds is 3. The number of hydrogen-bond donors (Lipinski definition) is 0. The average Bonchev–Trinajstić information content (AvgIpc) is 3.04. The third-order valence-corrected chi connectivity index (χ3v) is 4.70. The number of hydrogen-bond acceptors (Lipinski definition) is 3. The molecule has 0 radical (unpaired) electrons. The lowest BCUT2D eigenvalue weighted by Crippen LogP contribution is -2.46. The van der Waals surface area contributed by atoms with Crippen molar-refractivity contribution in [1.82, 2.24) is 14.3 Å². The van der Waals surface area contributed by atoms with E-state index < -0.39 is 0 Å². The van der Waals surface area contributed by atoms with Crippen LogP contribution >= 0.6 is 11.6 Å². The fourth-order valence-electron chi connectivity index (χ4n) is 3.29. The summed E-state index contributed by atoms with van der Waals surface area (Å²) in [6, 6.07) is 10.1. The molecule has 2 aromatic heterocycles. The summed E-state index contributed by atoms with van der Waals surface area (Å²) in [6.07, 6.45) is 4.06. The van der Waals surface area contributed by atoms with Crippen molar-refractivity contribution in [3.63, 3.8) is 0 Å². The second kappa shape index (κ2) is 5.87. The third kappa shape index (κ3) is 2.58. The molecule has 0 aliphatic carbocycles. The molecule has 23 heavy (non-hydrogen) atoms. The van der Waals surface area contributed by atoms with Crippen molar-refractivity contribution in [2.45, 2.75) is 0 Å². The highest BCUT2D eigenvalue weighted by Gasteiger charge is 2.20. The van der Waals surface area contributed by atoms with E-state index in [0.717, 1.165) is 60.1 Å². The van der Waals surface area contributed by atoms with Crippen LogP contribution in [0.15, 0.2) is 49.2 Å². The van der Waals surface area contributed by atoms with Crippen molar-refractivity contribution in [2.75, 3.05) is 37.6 Å². The number of benzene rings is 1. The first-order valence-corrected chi connectivity index (χ1v) is 8.28. The zero-order chi connectivity index (χ0) is 15.8. The lowest BCUT2D eigenvalue weighted by molar-refractivity contribution is 0.284. The number of piperazine rings is 1. The van der Waals surface area contributed by atoms with Gasteiger partial charge in [0.15, 0.2) is 5.82 Å². The number of aromatic nitrogens is 2. The highest BCUT2D eigenvalue weighted by molar-refractivity contribution is 6.31. The van der Waals surface area contributed by atoms with Gasteiger partial charge in [0.25, 0.3) is 0 Å². The summed E-state index contributed by atoms with van der Waals surface area (Å²) in [5.74, 6) is 1.04. The highest BCUT2D eigenvalue weighted by Crippen LogP contribution is 2.27. The van der Waals surface area contributed by atoms with Crippen LogP contribution < -0.4 is 4.90 Å². The first-order valence-electron chi connectivity index (χ1n) is 7.91. The second-order valence-electron chi connectivity index (χ2n) is 5.91. The first-order chi connectivity index (χ1) is 11.3. The molecule has 0 bridgehead atoms. The first kappa shape index (κ1) is 14.5. The summed E-state index contributed by atoms with van der Waals surface area (Å²) in [7, 11) is 0. The summed E-state index contributed by atoms with van der Waals surface area (Å²) in [5, 5.41) is 0.721. The number of nitrogens with zero attached hydrogens (tertiary/aromatic N) is 4. The summed E-state index contributed by atoms with van der Waals surface area (Å²) < 4.78 is 2.20. The molecular weight excluding hydrogens is 308 g/mol. The Balaban J connectivity index is 1.76. The van der Waals surface area contributed by atoms with Crippen LogP contribution in [0.1, 0.15) is 0 Å². The van der Waals surface area contributed by atoms with Crippen molar-refractivity contribution in [1.29, 1.82) is 0 Å². The maximum Gasteiger partial charge on any atom is 0.153 e. The monoisotopic (exact) mass is 326 g/mol. The van der Waals surface area contributed by atoms with Gasteiger partial charge in [-0.2, -0.15) is 0 Å². The van der Waals surface area contributed by atoms with Crippen molar-refractivity contribution >= 4 is 34.0 Å². The number of fused-ring (bicyclic) bond motifs is 3. The SMILES string of the molecule is C=CCN1CCN(c2nc3cc(Cl)ccc3n3cccc23)CC1. The van der Waals surface area contributed by atoms with Crippen LogP contribution in [0.25, 0.3) is 16.6 Å². The lowest BCUT2D eigenvalue weighted by atomic mass is 10.2. The zero-order valence-electron chi connectivity index (χ0n) is 13.0.